The normalized spacial score (nSPS) is 27.5. The molecule has 0 radical (unpaired) electrons. The zero-order chi connectivity index (χ0) is 20.7. The number of likely N-dealkylation sites (tertiary alicyclic amines) is 1. The van der Waals surface area contributed by atoms with Crippen LogP contribution in [-0.4, -0.2) is 51.9 Å². The summed E-state index contributed by atoms with van der Waals surface area (Å²) >= 11 is 0. The molecule has 2 aromatic carbocycles. The van der Waals surface area contributed by atoms with Crippen molar-refractivity contribution < 1.29 is 14.6 Å². The Morgan fingerprint density at radius 2 is 1.87 bits per heavy atom. The number of oxazole rings is 1. The van der Waals surface area contributed by atoms with Crippen molar-refractivity contribution in [3.63, 3.8) is 0 Å². The van der Waals surface area contributed by atoms with Crippen molar-refractivity contribution in [2.24, 2.45) is 11.8 Å². The number of aliphatic hydroxyl groups excluding tert-OH is 1. The van der Waals surface area contributed by atoms with E-state index in [1.54, 1.807) is 0 Å². The highest BCUT2D eigenvalue weighted by molar-refractivity contribution is 5.72. The SMILES string of the molecule is O=c1[nH]c2ccc(C(CO)CN3C[C@@H]4CC(O)(Cc5ccccc5)C[C@@H]4C3)cc2o1. The van der Waals surface area contributed by atoms with Crippen LogP contribution in [0.5, 0.6) is 0 Å². The molecule has 1 aliphatic heterocycles. The van der Waals surface area contributed by atoms with Crippen LogP contribution in [0.1, 0.15) is 29.9 Å². The van der Waals surface area contributed by atoms with Gasteiger partial charge in [-0.25, -0.2) is 4.79 Å². The summed E-state index contributed by atoms with van der Waals surface area (Å²) in [5.74, 6) is 0.515. The van der Waals surface area contributed by atoms with Gasteiger partial charge in [0, 0.05) is 32.0 Å². The lowest BCUT2D eigenvalue weighted by atomic mass is 9.91. The number of fused-ring (bicyclic) bond motifs is 2. The quantitative estimate of drug-likeness (QED) is 0.583. The molecule has 158 valence electrons. The summed E-state index contributed by atoms with van der Waals surface area (Å²) in [5, 5.41) is 21.1. The average molecular weight is 408 g/mol. The average Bonchev–Trinajstić information content (AvgIpc) is 3.35. The maximum atomic E-state index is 11.4. The minimum Gasteiger partial charge on any atom is -0.408 e. The van der Waals surface area contributed by atoms with Gasteiger partial charge in [0.05, 0.1) is 17.7 Å². The largest absolute Gasteiger partial charge is 0.417 e. The van der Waals surface area contributed by atoms with Crippen molar-refractivity contribution in [2.45, 2.75) is 30.8 Å². The standard InChI is InChI=1S/C24H28N2O4/c27-15-20(17-6-7-21-22(8-17)30-23(28)25-21)14-26-12-18-10-24(29,11-19(18)13-26)9-16-4-2-1-3-5-16/h1-8,18-20,27,29H,9-15H2,(H,25,28)/t18-,19+,20?,24?. The van der Waals surface area contributed by atoms with E-state index in [2.05, 4.69) is 22.0 Å². The molecule has 1 saturated carbocycles. The second kappa shape index (κ2) is 7.69. The number of rotatable bonds is 6. The number of nitrogens with one attached hydrogen (secondary N) is 1. The molecular weight excluding hydrogens is 380 g/mol. The molecule has 5 rings (SSSR count). The van der Waals surface area contributed by atoms with Crippen molar-refractivity contribution in [3.8, 4) is 0 Å². The van der Waals surface area contributed by atoms with Crippen LogP contribution in [0, 0.1) is 11.8 Å². The second-order valence-corrected chi connectivity index (χ2v) is 9.18. The van der Waals surface area contributed by atoms with Gasteiger partial charge in [-0.2, -0.15) is 0 Å². The number of nitrogens with zero attached hydrogens (tertiary/aromatic N) is 1. The molecule has 30 heavy (non-hydrogen) atoms. The van der Waals surface area contributed by atoms with E-state index in [0.717, 1.165) is 44.5 Å². The third-order valence-corrected chi connectivity index (χ3v) is 6.93. The third-order valence-electron chi connectivity index (χ3n) is 6.93. The topological polar surface area (TPSA) is 89.7 Å². The Bertz CT molecular complexity index is 1060. The molecule has 0 amide bonds. The lowest BCUT2D eigenvalue weighted by Gasteiger charge is -2.27. The van der Waals surface area contributed by atoms with E-state index in [9.17, 15) is 15.0 Å². The molecule has 2 unspecified atom stereocenters. The first kappa shape index (κ1) is 19.5. The summed E-state index contributed by atoms with van der Waals surface area (Å²) < 4.78 is 5.17. The highest BCUT2D eigenvalue weighted by Gasteiger charge is 2.48. The van der Waals surface area contributed by atoms with Crippen LogP contribution in [0.3, 0.4) is 0 Å². The van der Waals surface area contributed by atoms with Gasteiger partial charge in [-0.3, -0.25) is 4.98 Å². The number of aliphatic hydroxyl groups is 2. The fourth-order valence-corrected chi connectivity index (χ4v) is 5.62. The van der Waals surface area contributed by atoms with Crippen molar-refractivity contribution in [3.05, 3.63) is 70.2 Å². The van der Waals surface area contributed by atoms with Crippen LogP contribution < -0.4 is 5.76 Å². The van der Waals surface area contributed by atoms with Gasteiger partial charge in [0.2, 0.25) is 0 Å². The predicted octanol–water partition coefficient (Wildman–Crippen LogP) is 2.51. The number of aromatic amines is 1. The molecule has 2 heterocycles. The minimum absolute atomic E-state index is 0.0309. The molecule has 2 aliphatic rings. The molecule has 3 aromatic rings. The zero-order valence-corrected chi connectivity index (χ0v) is 17.0. The number of hydrogen-bond donors (Lipinski definition) is 3. The van der Waals surface area contributed by atoms with E-state index in [1.165, 1.54) is 5.56 Å². The molecular formula is C24H28N2O4. The lowest BCUT2D eigenvalue weighted by molar-refractivity contribution is 0.0349. The van der Waals surface area contributed by atoms with Gasteiger partial charge in [0.25, 0.3) is 0 Å². The Balaban J connectivity index is 1.23. The van der Waals surface area contributed by atoms with E-state index < -0.39 is 11.4 Å². The van der Waals surface area contributed by atoms with Crippen molar-refractivity contribution >= 4 is 11.1 Å². The number of benzene rings is 2. The Morgan fingerprint density at radius 3 is 2.57 bits per heavy atom. The summed E-state index contributed by atoms with van der Waals surface area (Å²) in [5.41, 5.74) is 2.78. The predicted molar refractivity (Wildman–Crippen MR) is 114 cm³/mol. The molecule has 1 aromatic heterocycles. The van der Waals surface area contributed by atoms with E-state index in [0.29, 0.717) is 22.9 Å². The van der Waals surface area contributed by atoms with Gasteiger partial charge in [0.1, 0.15) is 0 Å². The maximum absolute atomic E-state index is 11.4. The Hall–Kier alpha value is -2.41. The molecule has 3 N–H and O–H groups in total. The molecule has 1 saturated heterocycles. The highest BCUT2D eigenvalue weighted by Crippen LogP contribution is 2.45. The van der Waals surface area contributed by atoms with Crippen molar-refractivity contribution in [1.29, 1.82) is 0 Å². The molecule has 6 heteroatoms. The first-order valence-corrected chi connectivity index (χ1v) is 10.7. The van der Waals surface area contributed by atoms with E-state index >= 15 is 0 Å². The van der Waals surface area contributed by atoms with Gasteiger partial charge in [0.15, 0.2) is 5.58 Å². The smallest absolute Gasteiger partial charge is 0.408 e. The summed E-state index contributed by atoms with van der Waals surface area (Å²) in [6, 6.07) is 15.9. The Kier molecular flexibility index (Phi) is 5.01. The summed E-state index contributed by atoms with van der Waals surface area (Å²) in [6.07, 6.45) is 2.41. The fourth-order valence-electron chi connectivity index (χ4n) is 5.62. The van der Waals surface area contributed by atoms with Crippen LogP contribution in [0.15, 0.2) is 57.7 Å². The van der Waals surface area contributed by atoms with Crippen LogP contribution in [0.4, 0.5) is 0 Å². The zero-order valence-electron chi connectivity index (χ0n) is 17.0. The van der Waals surface area contributed by atoms with Gasteiger partial charge < -0.3 is 19.5 Å². The molecule has 0 bridgehead atoms. The first-order valence-electron chi connectivity index (χ1n) is 10.7. The number of hydrogen-bond acceptors (Lipinski definition) is 5. The summed E-state index contributed by atoms with van der Waals surface area (Å²) in [6.45, 7) is 2.73. The molecule has 4 atom stereocenters. The Morgan fingerprint density at radius 1 is 1.13 bits per heavy atom. The van der Waals surface area contributed by atoms with Crippen LogP contribution in [-0.2, 0) is 6.42 Å². The number of H-pyrrole nitrogens is 1. The monoisotopic (exact) mass is 408 g/mol. The molecule has 2 fully saturated rings. The maximum Gasteiger partial charge on any atom is 0.417 e. The summed E-state index contributed by atoms with van der Waals surface area (Å²) in [4.78, 5) is 16.5. The van der Waals surface area contributed by atoms with Crippen molar-refractivity contribution in [2.75, 3.05) is 26.2 Å². The van der Waals surface area contributed by atoms with Crippen LogP contribution in [0.25, 0.3) is 11.1 Å². The van der Waals surface area contributed by atoms with Gasteiger partial charge in [-0.1, -0.05) is 36.4 Å². The van der Waals surface area contributed by atoms with Gasteiger partial charge in [-0.15, -0.1) is 0 Å². The molecule has 0 spiro atoms. The first-order chi connectivity index (χ1) is 14.5. The van der Waals surface area contributed by atoms with Crippen LogP contribution in [0.2, 0.25) is 0 Å². The van der Waals surface area contributed by atoms with E-state index in [1.807, 2.05) is 36.4 Å². The van der Waals surface area contributed by atoms with Gasteiger partial charge in [-0.05, 0) is 47.9 Å². The summed E-state index contributed by atoms with van der Waals surface area (Å²) in [7, 11) is 0. The minimum atomic E-state index is -0.601. The van der Waals surface area contributed by atoms with E-state index in [4.69, 9.17) is 4.42 Å². The van der Waals surface area contributed by atoms with Gasteiger partial charge >= 0.3 is 5.76 Å². The van der Waals surface area contributed by atoms with Crippen molar-refractivity contribution in [1.82, 2.24) is 9.88 Å². The second-order valence-electron chi connectivity index (χ2n) is 9.18. The third kappa shape index (κ3) is 3.83. The number of aromatic nitrogens is 1. The van der Waals surface area contributed by atoms with E-state index in [-0.39, 0.29) is 12.5 Å². The molecule has 6 nitrogen and oxygen atoms in total. The highest BCUT2D eigenvalue weighted by atomic mass is 16.4. The lowest BCUT2D eigenvalue weighted by Crippen LogP contribution is -2.34. The Labute approximate surface area is 175 Å². The molecule has 1 aliphatic carbocycles. The van der Waals surface area contributed by atoms with Crippen LogP contribution >= 0.6 is 0 Å². The fraction of sp³-hybridized carbons (Fsp3) is 0.458.